The topological polar surface area (TPSA) is 50.4 Å². The number of thiocarbonyl (C=S) groups is 1. The number of halogens is 2. The summed E-state index contributed by atoms with van der Waals surface area (Å²) in [6.07, 6.45) is 0. The van der Waals surface area contributed by atoms with Gasteiger partial charge in [-0.1, -0.05) is 29.8 Å². The molecule has 4 nitrogen and oxygen atoms in total. The highest BCUT2D eigenvalue weighted by Crippen LogP contribution is 2.25. The van der Waals surface area contributed by atoms with Crippen molar-refractivity contribution in [1.82, 2.24) is 5.32 Å². The molecule has 0 saturated carbocycles. The van der Waals surface area contributed by atoms with Crippen LogP contribution >= 0.6 is 12.2 Å². The van der Waals surface area contributed by atoms with E-state index in [0.29, 0.717) is 5.56 Å². The Morgan fingerprint density at radius 1 is 1.17 bits per heavy atom. The molecule has 126 valence electrons. The number of nitrogens with one attached hydrogen (secondary N) is 2. The fourth-order valence-electron chi connectivity index (χ4n) is 2.16. The molecule has 0 saturated heterocycles. The number of ether oxygens (including phenoxy) is 1. The van der Waals surface area contributed by atoms with Gasteiger partial charge in [0.1, 0.15) is 5.75 Å². The van der Waals surface area contributed by atoms with Crippen molar-refractivity contribution in [2.24, 2.45) is 0 Å². The molecule has 0 unspecified atom stereocenters. The monoisotopic (exact) mass is 350 g/mol. The SMILES string of the molecule is Cc1ccc(C(=O)NC(=S)Nc2ccccc2OC(F)F)c(C)c1. The first-order chi connectivity index (χ1) is 11.4. The molecule has 0 aliphatic carbocycles. The van der Waals surface area contributed by atoms with Crippen molar-refractivity contribution < 1.29 is 18.3 Å². The van der Waals surface area contributed by atoms with Gasteiger partial charge in [-0.2, -0.15) is 8.78 Å². The Bertz CT molecular complexity index is 766. The lowest BCUT2D eigenvalue weighted by molar-refractivity contribution is -0.0493. The molecule has 0 aliphatic heterocycles. The molecule has 0 bridgehead atoms. The summed E-state index contributed by atoms with van der Waals surface area (Å²) >= 11 is 5.07. The van der Waals surface area contributed by atoms with E-state index < -0.39 is 6.61 Å². The molecule has 1 amide bonds. The average Bonchev–Trinajstić information content (AvgIpc) is 2.48. The molecule has 0 fully saturated rings. The van der Waals surface area contributed by atoms with Crippen molar-refractivity contribution in [2.45, 2.75) is 20.5 Å². The predicted molar refractivity (Wildman–Crippen MR) is 92.7 cm³/mol. The average molecular weight is 350 g/mol. The van der Waals surface area contributed by atoms with E-state index in [0.717, 1.165) is 11.1 Å². The van der Waals surface area contributed by atoms with E-state index in [9.17, 15) is 13.6 Å². The van der Waals surface area contributed by atoms with Gasteiger partial charge in [-0.05, 0) is 49.8 Å². The van der Waals surface area contributed by atoms with Gasteiger partial charge in [0.05, 0.1) is 5.69 Å². The van der Waals surface area contributed by atoms with Crippen LogP contribution < -0.4 is 15.4 Å². The molecular weight excluding hydrogens is 334 g/mol. The minimum atomic E-state index is -2.95. The molecule has 2 N–H and O–H groups in total. The van der Waals surface area contributed by atoms with Crippen LogP contribution in [0.3, 0.4) is 0 Å². The van der Waals surface area contributed by atoms with Crippen molar-refractivity contribution in [3.63, 3.8) is 0 Å². The number of hydrogen-bond donors (Lipinski definition) is 2. The van der Waals surface area contributed by atoms with Crippen LogP contribution in [0.15, 0.2) is 42.5 Å². The van der Waals surface area contributed by atoms with Gasteiger partial charge in [-0.15, -0.1) is 0 Å². The van der Waals surface area contributed by atoms with Gasteiger partial charge in [0.15, 0.2) is 5.11 Å². The zero-order valence-corrected chi connectivity index (χ0v) is 13.9. The Labute approximate surface area is 143 Å². The molecule has 0 aliphatic rings. The van der Waals surface area contributed by atoms with Gasteiger partial charge in [-0.3, -0.25) is 10.1 Å². The number of anilines is 1. The number of para-hydroxylation sites is 2. The number of carbonyl (C=O) groups excluding carboxylic acids is 1. The molecule has 0 atom stereocenters. The highest BCUT2D eigenvalue weighted by molar-refractivity contribution is 7.80. The fourth-order valence-corrected chi connectivity index (χ4v) is 2.36. The maximum absolute atomic E-state index is 12.4. The standard InChI is InChI=1S/C17H16F2N2O2S/c1-10-7-8-12(11(2)9-10)15(22)21-17(24)20-13-5-3-4-6-14(13)23-16(18)19/h3-9,16H,1-2H3,(H2,20,21,22,24). The number of carbonyl (C=O) groups is 1. The van der Waals surface area contributed by atoms with E-state index in [1.807, 2.05) is 26.0 Å². The van der Waals surface area contributed by atoms with Gasteiger partial charge in [0, 0.05) is 5.56 Å². The third-order valence-corrected chi connectivity index (χ3v) is 3.41. The normalized spacial score (nSPS) is 10.4. The zero-order chi connectivity index (χ0) is 17.7. The Morgan fingerprint density at radius 2 is 1.88 bits per heavy atom. The molecule has 0 radical (unpaired) electrons. The van der Waals surface area contributed by atoms with Crippen molar-refractivity contribution in [3.05, 3.63) is 59.2 Å². The van der Waals surface area contributed by atoms with Crippen LogP contribution in [-0.2, 0) is 0 Å². The largest absolute Gasteiger partial charge is 0.433 e. The second-order valence-electron chi connectivity index (χ2n) is 5.10. The first-order valence-corrected chi connectivity index (χ1v) is 7.51. The van der Waals surface area contributed by atoms with Crippen LogP contribution in [0.2, 0.25) is 0 Å². The van der Waals surface area contributed by atoms with Crippen molar-refractivity contribution >= 4 is 28.9 Å². The first-order valence-electron chi connectivity index (χ1n) is 7.10. The molecule has 2 aromatic carbocycles. The zero-order valence-electron chi connectivity index (χ0n) is 13.1. The number of benzene rings is 2. The molecule has 7 heteroatoms. The molecule has 2 rings (SSSR count). The number of alkyl halides is 2. The fraction of sp³-hybridized carbons (Fsp3) is 0.176. The summed E-state index contributed by atoms with van der Waals surface area (Å²) < 4.78 is 29.2. The van der Waals surface area contributed by atoms with Crippen LogP contribution in [0.25, 0.3) is 0 Å². The summed E-state index contributed by atoms with van der Waals surface area (Å²) in [5.41, 5.74) is 2.59. The highest BCUT2D eigenvalue weighted by Gasteiger charge is 2.13. The summed E-state index contributed by atoms with van der Waals surface area (Å²) in [7, 11) is 0. The van der Waals surface area contributed by atoms with Crippen LogP contribution in [0.4, 0.5) is 14.5 Å². The molecule has 0 heterocycles. The van der Waals surface area contributed by atoms with E-state index in [4.69, 9.17) is 12.2 Å². The smallest absolute Gasteiger partial charge is 0.387 e. The summed E-state index contributed by atoms with van der Waals surface area (Å²) in [5.74, 6) is -0.437. The Balaban J connectivity index is 2.07. The Hall–Kier alpha value is -2.54. The van der Waals surface area contributed by atoms with Gasteiger partial charge in [-0.25, -0.2) is 0 Å². The van der Waals surface area contributed by atoms with Crippen molar-refractivity contribution in [3.8, 4) is 5.75 Å². The number of amides is 1. The van der Waals surface area contributed by atoms with Gasteiger partial charge in [0.25, 0.3) is 5.91 Å². The molecule has 2 aromatic rings. The third kappa shape index (κ3) is 4.73. The van der Waals surface area contributed by atoms with E-state index in [-0.39, 0.29) is 22.5 Å². The molecule has 24 heavy (non-hydrogen) atoms. The molecule has 0 aromatic heterocycles. The van der Waals surface area contributed by atoms with Gasteiger partial charge < -0.3 is 10.1 Å². The van der Waals surface area contributed by atoms with Crippen LogP contribution in [0.1, 0.15) is 21.5 Å². The van der Waals surface area contributed by atoms with Crippen LogP contribution in [0, 0.1) is 13.8 Å². The van der Waals surface area contributed by atoms with Crippen molar-refractivity contribution in [1.29, 1.82) is 0 Å². The van der Waals surface area contributed by atoms with E-state index >= 15 is 0 Å². The predicted octanol–water partition coefficient (Wildman–Crippen LogP) is 4.03. The highest BCUT2D eigenvalue weighted by atomic mass is 32.1. The second kappa shape index (κ2) is 7.83. The van der Waals surface area contributed by atoms with E-state index in [1.54, 1.807) is 18.2 Å². The number of rotatable bonds is 4. The lowest BCUT2D eigenvalue weighted by Gasteiger charge is -2.14. The number of aryl methyl sites for hydroxylation is 2. The third-order valence-electron chi connectivity index (χ3n) is 3.20. The molecule has 0 spiro atoms. The van der Waals surface area contributed by atoms with Crippen molar-refractivity contribution in [2.75, 3.05) is 5.32 Å². The summed E-state index contributed by atoms with van der Waals surface area (Å²) in [4.78, 5) is 12.3. The second-order valence-corrected chi connectivity index (χ2v) is 5.51. The van der Waals surface area contributed by atoms with Crippen LogP contribution in [0.5, 0.6) is 5.75 Å². The van der Waals surface area contributed by atoms with E-state index in [1.165, 1.54) is 12.1 Å². The van der Waals surface area contributed by atoms with Gasteiger partial charge in [0.2, 0.25) is 0 Å². The van der Waals surface area contributed by atoms with Gasteiger partial charge >= 0.3 is 6.61 Å². The lowest BCUT2D eigenvalue weighted by Crippen LogP contribution is -2.34. The summed E-state index contributed by atoms with van der Waals surface area (Å²) in [5, 5.41) is 5.20. The Kier molecular flexibility index (Phi) is 5.81. The lowest BCUT2D eigenvalue weighted by atomic mass is 10.1. The Morgan fingerprint density at radius 3 is 2.54 bits per heavy atom. The minimum Gasteiger partial charge on any atom is -0.433 e. The quantitative estimate of drug-likeness (QED) is 0.818. The van der Waals surface area contributed by atoms with E-state index in [2.05, 4.69) is 15.4 Å². The minimum absolute atomic E-state index is 0.00899. The maximum atomic E-state index is 12.4. The molecular formula is C17H16F2N2O2S. The number of hydrogen-bond acceptors (Lipinski definition) is 3. The summed E-state index contributed by atoms with van der Waals surface area (Å²) in [6.45, 7) is 0.802. The summed E-state index contributed by atoms with van der Waals surface area (Å²) in [6, 6.07) is 11.5. The van der Waals surface area contributed by atoms with Crippen LogP contribution in [-0.4, -0.2) is 17.6 Å². The first kappa shape index (κ1) is 17.8. The maximum Gasteiger partial charge on any atom is 0.387 e.